The number of carbonyl (C=O) groups excluding carboxylic acids is 3. The SMILES string of the molecule is COC(=O)CC1(NC(=O)[C@]2(NC(=O)OCc3ccccc3)O[C@H]([C@H]3COC(C)(C)O3)[C@@H]3OC(C)(C)O[C@@H]32)O[C@H]([C@H]2COC(C)(C)O2)[C@@H]2OC(C)(C)O[C@@H]21. The van der Waals surface area contributed by atoms with E-state index in [2.05, 4.69) is 10.6 Å². The molecule has 2 N–H and O–H groups in total. The summed E-state index contributed by atoms with van der Waals surface area (Å²) in [7, 11) is 1.21. The molecule has 0 saturated carbocycles. The highest BCUT2D eigenvalue weighted by molar-refractivity contribution is 5.91. The highest BCUT2D eigenvalue weighted by Crippen LogP contribution is 2.50. The summed E-state index contributed by atoms with van der Waals surface area (Å²) in [5.74, 6) is -5.96. The Labute approximate surface area is 307 Å². The van der Waals surface area contributed by atoms with Crippen LogP contribution in [0.5, 0.6) is 0 Å². The average molecular weight is 751 g/mol. The number of esters is 1. The summed E-state index contributed by atoms with van der Waals surface area (Å²) in [6, 6.07) is 9.02. The lowest BCUT2D eigenvalue weighted by Crippen LogP contribution is -2.70. The number of fused-ring (bicyclic) bond motifs is 2. The van der Waals surface area contributed by atoms with Crippen LogP contribution in [0, 0.1) is 0 Å². The van der Waals surface area contributed by atoms with Gasteiger partial charge >= 0.3 is 12.1 Å². The summed E-state index contributed by atoms with van der Waals surface area (Å²) >= 11 is 0. The van der Waals surface area contributed by atoms with E-state index in [0.717, 1.165) is 0 Å². The quantitative estimate of drug-likeness (QED) is 0.350. The maximum absolute atomic E-state index is 15.2. The van der Waals surface area contributed by atoms with Gasteiger partial charge in [0.05, 0.1) is 26.7 Å². The van der Waals surface area contributed by atoms with E-state index in [9.17, 15) is 9.59 Å². The van der Waals surface area contributed by atoms with E-state index < -0.39 is 108 Å². The second kappa shape index (κ2) is 13.4. The van der Waals surface area contributed by atoms with Crippen molar-refractivity contribution < 1.29 is 71.2 Å². The Balaban J connectivity index is 1.26. The van der Waals surface area contributed by atoms with Crippen LogP contribution in [0.1, 0.15) is 67.4 Å². The molecule has 53 heavy (non-hydrogen) atoms. The van der Waals surface area contributed by atoms with E-state index in [4.69, 9.17) is 56.8 Å². The number of nitrogens with one attached hydrogen (secondary N) is 2. The first-order valence-electron chi connectivity index (χ1n) is 17.8. The van der Waals surface area contributed by atoms with E-state index in [0.29, 0.717) is 5.56 Å². The summed E-state index contributed by atoms with van der Waals surface area (Å²) in [5.41, 5.74) is -3.57. The van der Waals surface area contributed by atoms with Crippen molar-refractivity contribution in [3.63, 3.8) is 0 Å². The molecule has 0 bridgehead atoms. The Bertz CT molecular complexity index is 1570. The topological polar surface area (TPSA) is 186 Å². The number of alkyl carbamates (subject to hydrolysis) is 1. The average Bonchev–Trinajstić information content (AvgIpc) is 3.89. The van der Waals surface area contributed by atoms with Crippen LogP contribution in [-0.4, -0.2) is 122 Å². The Morgan fingerprint density at radius 3 is 1.75 bits per heavy atom. The smallest absolute Gasteiger partial charge is 0.410 e. The van der Waals surface area contributed by atoms with Gasteiger partial charge in [-0.15, -0.1) is 0 Å². The molecule has 2 amide bonds. The third kappa shape index (κ3) is 7.40. The van der Waals surface area contributed by atoms with Crippen molar-refractivity contribution in [1.29, 1.82) is 0 Å². The van der Waals surface area contributed by atoms with Crippen molar-refractivity contribution in [3.05, 3.63) is 35.9 Å². The maximum Gasteiger partial charge on any atom is 0.410 e. The van der Waals surface area contributed by atoms with Gasteiger partial charge in [0.25, 0.3) is 11.6 Å². The molecule has 1 unspecified atom stereocenters. The summed E-state index contributed by atoms with van der Waals surface area (Å²) in [4.78, 5) is 42.2. The second-order valence-electron chi connectivity index (χ2n) is 16.0. The van der Waals surface area contributed by atoms with Crippen molar-refractivity contribution in [2.45, 2.75) is 152 Å². The number of carbonyl (C=O) groups is 3. The lowest BCUT2D eigenvalue weighted by Gasteiger charge is -2.40. The molecule has 17 nitrogen and oxygen atoms in total. The lowest BCUT2D eigenvalue weighted by molar-refractivity contribution is -0.243. The Hall–Kier alpha value is -2.97. The molecule has 10 atom stereocenters. The van der Waals surface area contributed by atoms with Crippen LogP contribution in [0.4, 0.5) is 4.79 Å². The first-order valence-corrected chi connectivity index (χ1v) is 17.8. The number of ether oxygens (including phenoxy) is 12. The predicted octanol–water partition coefficient (Wildman–Crippen LogP) is 2.13. The molecular weight excluding hydrogens is 700 g/mol. The minimum Gasteiger partial charge on any atom is -0.469 e. The number of methoxy groups -OCH3 is 1. The molecule has 0 aliphatic carbocycles. The fourth-order valence-corrected chi connectivity index (χ4v) is 7.90. The molecule has 1 aromatic carbocycles. The predicted molar refractivity (Wildman–Crippen MR) is 177 cm³/mol. The maximum atomic E-state index is 15.2. The minimum absolute atomic E-state index is 0.0989. The standard InChI is InChI=1S/C36H50N2O15/c1-31(2)44-17-20(46-31)23-25-27(52-33(5,6)48-25)35(50-23,15-22(39)42-9)37-29(40)36(38-30(41)43-16-19-13-11-10-12-14-19)28-26(49-34(7,8)53-28)24(51-36)21-18-45-32(3,4)47-21/h10-14,20-21,23-28H,15-18H2,1-9H3,(H,37,40)(H,38,41)/t20-,21-,23-,24-,25+,26+,27+,28+,35?,36-/m1/s1. The number of rotatable bonds is 9. The fraction of sp³-hybridized carbons (Fsp3) is 0.750. The molecule has 7 rings (SSSR count). The van der Waals surface area contributed by atoms with E-state index >= 15 is 4.79 Å². The zero-order chi connectivity index (χ0) is 38.2. The molecule has 17 heteroatoms. The first-order chi connectivity index (χ1) is 24.7. The summed E-state index contributed by atoms with van der Waals surface area (Å²) < 4.78 is 73.3. The Kier molecular flexibility index (Phi) is 9.65. The summed E-state index contributed by atoms with van der Waals surface area (Å²) in [5, 5.41) is 5.58. The molecule has 6 fully saturated rings. The van der Waals surface area contributed by atoms with Crippen LogP contribution >= 0.6 is 0 Å². The zero-order valence-corrected chi connectivity index (χ0v) is 31.5. The van der Waals surface area contributed by atoms with Crippen molar-refractivity contribution in [2.24, 2.45) is 0 Å². The number of hydrogen-bond acceptors (Lipinski definition) is 15. The molecule has 6 aliphatic rings. The lowest BCUT2D eigenvalue weighted by atomic mass is 9.95. The molecule has 0 radical (unpaired) electrons. The third-order valence-electron chi connectivity index (χ3n) is 10.0. The Morgan fingerprint density at radius 2 is 1.21 bits per heavy atom. The molecule has 6 saturated heterocycles. The van der Waals surface area contributed by atoms with E-state index in [1.165, 1.54) is 7.11 Å². The van der Waals surface area contributed by atoms with Gasteiger partial charge in [0, 0.05) is 0 Å². The van der Waals surface area contributed by atoms with Gasteiger partial charge in [-0.2, -0.15) is 0 Å². The number of benzene rings is 1. The van der Waals surface area contributed by atoms with E-state index in [1.54, 1.807) is 79.7 Å². The van der Waals surface area contributed by atoms with Gasteiger partial charge in [0.2, 0.25) is 0 Å². The van der Waals surface area contributed by atoms with Crippen LogP contribution < -0.4 is 10.6 Å². The van der Waals surface area contributed by atoms with Crippen LogP contribution in [0.3, 0.4) is 0 Å². The summed E-state index contributed by atoms with van der Waals surface area (Å²) in [6.45, 7) is 13.9. The summed E-state index contributed by atoms with van der Waals surface area (Å²) in [6.07, 6.45) is -8.89. The largest absolute Gasteiger partial charge is 0.469 e. The molecule has 6 aliphatic heterocycles. The molecule has 0 aromatic heterocycles. The van der Waals surface area contributed by atoms with Gasteiger partial charge in [-0.25, -0.2) is 4.79 Å². The van der Waals surface area contributed by atoms with Gasteiger partial charge in [-0.3, -0.25) is 14.9 Å². The minimum atomic E-state index is -2.34. The fourth-order valence-electron chi connectivity index (χ4n) is 7.90. The first kappa shape index (κ1) is 38.3. The highest BCUT2D eigenvalue weighted by atomic mass is 16.8. The van der Waals surface area contributed by atoms with Gasteiger partial charge in [-0.05, 0) is 61.0 Å². The zero-order valence-electron chi connectivity index (χ0n) is 31.5. The number of hydrogen-bond donors (Lipinski definition) is 2. The van der Waals surface area contributed by atoms with E-state index in [1.807, 2.05) is 6.07 Å². The van der Waals surface area contributed by atoms with Crippen molar-refractivity contribution >= 4 is 18.0 Å². The van der Waals surface area contributed by atoms with E-state index in [-0.39, 0.29) is 19.8 Å². The van der Waals surface area contributed by atoms with Gasteiger partial charge in [-0.1, -0.05) is 30.3 Å². The van der Waals surface area contributed by atoms with Gasteiger partial charge in [0.1, 0.15) is 55.4 Å². The molecule has 294 valence electrons. The Morgan fingerprint density at radius 1 is 0.660 bits per heavy atom. The van der Waals surface area contributed by atoms with Crippen molar-refractivity contribution in [1.82, 2.24) is 10.6 Å². The molecule has 1 aromatic rings. The monoisotopic (exact) mass is 750 g/mol. The van der Waals surface area contributed by atoms with Crippen molar-refractivity contribution in [3.8, 4) is 0 Å². The van der Waals surface area contributed by atoms with Crippen LogP contribution in [0.2, 0.25) is 0 Å². The molecule has 6 heterocycles. The normalized spacial score (nSPS) is 40.0. The van der Waals surface area contributed by atoms with Crippen LogP contribution in [-0.2, 0) is 73.0 Å². The highest BCUT2D eigenvalue weighted by Gasteiger charge is 2.72. The number of amides is 2. The van der Waals surface area contributed by atoms with Crippen LogP contribution in [0.15, 0.2) is 30.3 Å². The molecule has 0 spiro atoms. The van der Waals surface area contributed by atoms with Gasteiger partial charge < -0.3 is 62.2 Å². The van der Waals surface area contributed by atoms with Crippen molar-refractivity contribution in [2.75, 3.05) is 20.3 Å². The molecular formula is C36H50N2O15. The third-order valence-corrected chi connectivity index (χ3v) is 10.0. The second-order valence-corrected chi connectivity index (χ2v) is 16.0. The van der Waals surface area contributed by atoms with Crippen LogP contribution in [0.25, 0.3) is 0 Å². The van der Waals surface area contributed by atoms with Gasteiger partial charge in [0.15, 0.2) is 28.9 Å².